The number of fused-ring (bicyclic) bond motifs is 1. The standard InChI is InChI=1S/C17H12BrN5O2/c1-9-17(24)23(2)14-4-3-10(6-13(14)20-9)15-21-16(25-22-15)11-5-12(18)8-19-7-11/h3-8H,1-2H3. The molecule has 3 heterocycles. The molecule has 0 aliphatic heterocycles. The van der Waals surface area contributed by atoms with Gasteiger partial charge in [-0.2, -0.15) is 4.98 Å². The zero-order chi connectivity index (χ0) is 17.6. The van der Waals surface area contributed by atoms with Gasteiger partial charge in [-0.1, -0.05) is 5.16 Å². The smallest absolute Gasteiger partial charge is 0.272 e. The third-order valence-corrected chi connectivity index (χ3v) is 4.31. The van der Waals surface area contributed by atoms with Gasteiger partial charge in [0, 0.05) is 29.5 Å². The molecular formula is C17H12BrN5O2. The maximum absolute atomic E-state index is 12.0. The van der Waals surface area contributed by atoms with Gasteiger partial charge >= 0.3 is 0 Å². The van der Waals surface area contributed by atoms with E-state index in [4.69, 9.17) is 4.52 Å². The summed E-state index contributed by atoms with van der Waals surface area (Å²) < 4.78 is 7.75. The lowest BCUT2D eigenvalue weighted by Gasteiger charge is -2.06. The first-order chi connectivity index (χ1) is 12.0. The second-order valence-electron chi connectivity index (χ2n) is 5.58. The van der Waals surface area contributed by atoms with Crippen molar-refractivity contribution in [2.45, 2.75) is 6.92 Å². The van der Waals surface area contributed by atoms with Crippen LogP contribution in [0.4, 0.5) is 0 Å². The molecule has 0 spiro atoms. The summed E-state index contributed by atoms with van der Waals surface area (Å²) >= 11 is 3.37. The molecule has 0 saturated carbocycles. The Kier molecular flexibility index (Phi) is 3.69. The molecule has 4 rings (SSSR count). The van der Waals surface area contributed by atoms with Crippen molar-refractivity contribution in [1.82, 2.24) is 24.7 Å². The number of hydrogen-bond donors (Lipinski definition) is 0. The van der Waals surface area contributed by atoms with Crippen LogP contribution in [0.2, 0.25) is 0 Å². The molecule has 0 radical (unpaired) electrons. The van der Waals surface area contributed by atoms with E-state index in [1.807, 2.05) is 24.3 Å². The molecule has 0 aliphatic rings. The minimum Gasteiger partial charge on any atom is -0.334 e. The van der Waals surface area contributed by atoms with Crippen molar-refractivity contribution in [2.24, 2.45) is 7.05 Å². The number of rotatable bonds is 2. The van der Waals surface area contributed by atoms with Gasteiger partial charge in [0.2, 0.25) is 5.82 Å². The molecule has 8 heteroatoms. The van der Waals surface area contributed by atoms with Crippen LogP contribution in [0.1, 0.15) is 5.69 Å². The lowest BCUT2D eigenvalue weighted by molar-refractivity contribution is 0.432. The normalized spacial score (nSPS) is 11.2. The molecule has 0 saturated heterocycles. The van der Waals surface area contributed by atoms with Crippen LogP contribution < -0.4 is 5.56 Å². The topological polar surface area (TPSA) is 86.7 Å². The van der Waals surface area contributed by atoms with Crippen LogP contribution in [0.3, 0.4) is 0 Å². The Bertz CT molecular complexity index is 1170. The molecule has 124 valence electrons. The van der Waals surface area contributed by atoms with Crippen LogP contribution in [-0.2, 0) is 7.05 Å². The van der Waals surface area contributed by atoms with Gasteiger partial charge in [0.25, 0.3) is 11.4 Å². The van der Waals surface area contributed by atoms with Gasteiger partial charge < -0.3 is 9.09 Å². The van der Waals surface area contributed by atoms with E-state index < -0.39 is 0 Å². The summed E-state index contributed by atoms with van der Waals surface area (Å²) in [4.78, 5) is 24.9. The summed E-state index contributed by atoms with van der Waals surface area (Å²) in [6.07, 6.45) is 3.34. The van der Waals surface area contributed by atoms with Crippen molar-refractivity contribution in [1.29, 1.82) is 0 Å². The summed E-state index contributed by atoms with van der Waals surface area (Å²) in [7, 11) is 1.73. The molecule has 0 amide bonds. The molecule has 0 unspecified atom stereocenters. The number of aromatic nitrogens is 5. The minimum absolute atomic E-state index is 0.107. The van der Waals surface area contributed by atoms with Gasteiger partial charge in [-0.05, 0) is 47.1 Å². The number of halogens is 1. The summed E-state index contributed by atoms with van der Waals surface area (Å²) in [5.41, 5.74) is 3.28. The lowest BCUT2D eigenvalue weighted by Crippen LogP contribution is -2.20. The molecule has 0 N–H and O–H groups in total. The summed E-state index contributed by atoms with van der Waals surface area (Å²) in [6, 6.07) is 7.36. The van der Waals surface area contributed by atoms with E-state index in [9.17, 15) is 4.79 Å². The number of hydrogen-bond acceptors (Lipinski definition) is 6. The highest BCUT2D eigenvalue weighted by molar-refractivity contribution is 9.10. The van der Waals surface area contributed by atoms with Gasteiger partial charge in [0.05, 0.1) is 16.6 Å². The zero-order valence-corrected chi connectivity index (χ0v) is 15.0. The molecular weight excluding hydrogens is 386 g/mol. The Balaban J connectivity index is 1.80. The molecule has 3 aromatic heterocycles. The average molecular weight is 398 g/mol. The Hall–Kier alpha value is -2.87. The van der Waals surface area contributed by atoms with Gasteiger partial charge in [0.1, 0.15) is 5.69 Å². The Labute approximate surface area is 150 Å². The Morgan fingerprint density at radius 2 is 1.96 bits per heavy atom. The van der Waals surface area contributed by atoms with Crippen LogP contribution in [-0.4, -0.2) is 24.7 Å². The molecule has 0 atom stereocenters. The summed E-state index contributed by atoms with van der Waals surface area (Å²) in [5.74, 6) is 0.832. The molecule has 0 bridgehead atoms. The molecule has 0 fully saturated rings. The number of nitrogens with zero attached hydrogens (tertiary/aromatic N) is 5. The van der Waals surface area contributed by atoms with Crippen molar-refractivity contribution < 1.29 is 4.52 Å². The fraction of sp³-hybridized carbons (Fsp3) is 0.118. The first-order valence-electron chi connectivity index (χ1n) is 7.45. The van der Waals surface area contributed by atoms with E-state index >= 15 is 0 Å². The SMILES string of the molecule is Cc1nc2cc(-c3noc(-c4cncc(Br)c4)n3)ccc2n(C)c1=O. The van der Waals surface area contributed by atoms with Gasteiger partial charge in [-0.3, -0.25) is 9.78 Å². The quantitative estimate of drug-likeness (QED) is 0.516. The lowest BCUT2D eigenvalue weighted by atomic mass is 10.1. The number of benzene rings is 1. The van der Waals surface area contributed by atoms with Crippen LogP contribution in [0, 0.1) is 6.92 Å². The first kappa shape index (κ1) is 15.6. The van der Waals surface area contributed by atoms with Crippen LogP contribution in [0.15, 0.2) is 50.4 Å². The summed E-state index contributed by atoms with van der Waals surface area (Å²) in [5, 5.41) is 4.04. The Morgan fingerprint density at radius 1 is 1.12 bits per heavy atom. The third kappa shape index (κ3) is 2.74. The maximum Gasteiger partial charge on any atom is 0.272 e. The fourth-order valence-electron chi connectivity index (χ4n) is 2.60. The zero-order valence-electron chi connectivity index (χ0n) is 13.4. The predicted octanol–water partition coefficient (Wildman–Crippen LogP) is 3.12. The summed E-state index contributed by atoms with van der Waals surface area (Å²) in [6.45, 7) is 1.70. The fourth-order valence-corrected chi connectivity index (χ4v) is 2.97. The first-order valence-corrected chi connectivity index (χ1v) is 8.24. The van der Waals surface area contributed by atoms with Crippen molar-refractivity contribution in [2.75, 3.05) is 0 Å². The molecule has 4 aromatic rings. The number of pyridine rings is 1. The molecule has 1 aromatic carbocycles. The van der Waals surface area contributed by atoms with Gasteiger partial charge in [0.15, 0.2) is 0 Å². The molecule has 25 heavy (non-hydrogen) atoms. The maximum atomic E-state index is 12.0. The molecule has 7 nitrogen and oxygen atoms in total. The largest absolute Gasteiger partial charge is 0.334 e. The van der Waals surface area contributed by atoms with Gasteiger partial charge in [-0.15, -0.1) is 0 Å². The van der Waals surface area contributed by atoms with Crippen molar-refractivity contribution in [3.63, 3.8) is 0 Å². The predicted molar refractivity (Wildman–Crippen MR) is 95.9 cm³/mol. The van der Waals surface area contributed by atoms with Gasteiger partial charge in [-0.25, -0.2) is 4.98 Å². The van der Waals surface area contributed by atoms with E-state index in [0.717, 1.165) is 21.1 Å². The van der Waals surface area contributed by atoms with E-state index in [-0.39, 0.29) is 5.56 Å². The van der Waals surface area contributed by atoms with E-state index in [1.165, 1.54) is 0 Å². The van der Waals surface area contributed by atoms with E-state index in [2.05, 4.69) is 36.0 Å². The third-order valence-electron chi connectivity index (χ3n) is 3.88. The van der Waals surface area contributed by atoms with Crippen molar-refractivity contribution in [3.05, 3.63) is 57.2 Å². The van der Waals surface area contributed by atoms with E-state index in [1.54, 1.807) is 30.9 Å². The monoisotopic (exact) mass is 397 g/mol. The van der Waals surface area contributed by atoms with Crippen molar-refractivity contribution in [3.8, 4) is 22.8 Å². The highest BCUT2D eigenvalue weighted by Gasteiger charge is 2.13. The second kappa shape index (κ2) is 5.89. The Morgan fingerprint density at radius 3 is 2.76 bits per heavy atom. The van der Waals surface area contributed by atoms with Crippen LogP contribution in [0.5, 0.6) is 0 Å². The highest BCUT2D eigenvalue weighted by Crippen LogP contribution is 2.25. The van der Waals surface area contributed by atoms with E-state index in [0.29, 0.717) is 22.9 Å². The molecule has 0 aliphatic carbocycles. The van der Waals surface area contributed by atoms with Crippen LogP contribution in [0.25, 0.3) is 33.9 Å². The second-order valence-corrected chi connectivity index (χ2v) is 6.50. The minimum atomic E-state index is -0.107. The number of aryl methyl sites for hydroxylation is 2. The van der Waals surface area contributed by atoms with Crippen LogP contribution >= 0.6 is 15.9 Å². The highest BCUT2D eigenvalue weighted by atomic mass is 79.9. The average Bonchev–Trinajstić information content (AvgIpc) is 3.09. The van der Waals surface area contributed by atoms with Crippen molar-refractivity contribution >= 4 is 27.0 Å².